The average Bonchev–Trinajstić information content (AvgIpc) is 3.18. The summed E-state index contributed by atoms with van der Waals surface area (Å²) >= 11 is 0. The Balaban J connectivity index is 2.09. The van der Waals surface area contributed by atoms with E-state index >= 15 is 0 Å². The standard InChI is InChI=1S/C18H16N8O/c1-27-14-5-3-2-4-11(14)16-15(10-6-7-13(25-21)12(19)8-10)17-22-9-23-26(17)18(20)24-16/h2-9,21H,19H2,1H3,(H2,20,24). The highest BCUT2D eigenvalue weighted by atomic mass is 16.5. The zero-order valence-electron chi connectivity index (χ0n) is 14.4. The van der Waals surface area contributed by atoms with Gasteiger partial charge in [-0.15, -0.1) is 0 Å². The number of aromatic nitrogens is 4. The second-order valence-corrected chi connectivity index (χ2v) is 5.77. The van der Waals surface area contributed by atoms with Gasteiger partial charge in [0.25, 0.3) is 0 Å². The van der Waals surface area contributed by atoms with E-state index in [1.165, 1.54) is 10.8 Å². The molecule has 0 spiro atoms. The Morgan fingerprint density at radius 1 is 1.15 bits per heavy atom. The molecule has 0 saturated carbocycles. The molecule has 0 fully saturated rings. The molecule has 0 radical (unpaired) electrons. The maximum atomic E-state index is 7.20. The molecule has 0 aliphatic rings. The van der Waals surface area contributed by atoms with E-state index in [0.717, 1.165) is 11.1 Å². The lowest BCUT2D eigenvalue weighted by atomic mass is 9.98. The van der Waals surface area contributed by atoms with Crippen LogP contribution in [0.4, 0.5) is 17.3 Å². The fourth-order valence-electron chi connectivity index (χ4n) is 3.02. The minimum atomic E-state index is 0.206. The predicted octanol–water partition coefficient (Wildman–Crippen LogP) is 3.29. The molecule has 27 heavy (non-hydrogen) atoms. The molecule has 9 heteroatoms. The van der Waals surface area contributed by atoms with Crippen LogP contribution in [0.25, 0.3) is 28.0 Å². The van der Waals surface area contributed by atoms with Crippen LogP contribution in [0.1, 0.15) is 0 Å². The van der Waals surface area contributed by atoms with Crippen molar-refractivity contribution in [2.45, 2.75) is 0 Å². The van der Waals surface area contributed by atoms with E-state index in [2.05, 4.69) is 20.2 Å². The van der Waals surface area contributed by atoms with Gasteiger partial charge in [-0.2, -0.15) is 14.7 Å². The topological polar surface area (TPSA) is 141 Å². The Bertz CT molecular complexity index is 1170. The molecule has 0 saturated heterocycles. The molecule has 5 N–H and O–H groups in total. The van der Waals surface area contributed by atoms with Gasteiger partial charge in [0, 0.05) is 5.56 Å². The molecule has 0 unspecified atom stereocenters. The summed E-state index contributed by atoms with van der Waals surface area (Å²) in [5, 5.41) is 7.56. The third kappa shape index (κ3) is 2.61. The van der Waals surface area contributed by atoms with E-state index in [9.17, 15) is 0 Å². The Labute approximate surface area is 154 Å². The van der Waals surface area contributed by atoms with E-state index in [1.807, 2.05) is 30.3 Å². The first-order chi connectivity index (χ1) is 13.1. The van der Waals surface area contributed by atoms with Gasteiger partial charge in [-0.1, -0.05) is 18.2 Å². The molecule has 4 rings (SSSR count). The molecule has 2 aromatic carbocycles. The molecule has 2 heterocycles. The quantitative estimate of drug-likeness (QED) is 0.377. The minimum Gasteiger partial charge on any atom is -0.496 e. The van der Waals surface area contributed by atoms with Gasteiger partial charge < -0.3 is 16.2 Å². The van der Waals surface area contributed by atoms with Gasteiger partial charge in [0.05, 0.1) is 24.1 Å². The Hall–Kier alpha value is -4.01. The third-order valence-corrected chi connectivity index (χ3v) is 4.25. The normalized spacial score (nSPS) is 10.9. The SMILES string of the molecule is COc1ccccc1-c1nc(N)n2ncnc2c1-c1ccc(N=N)c(N)c1. The number of para-hydroxylation sites is 1. The lowest BCUT2D eigenvalue weighted by Gasteiger charge is -2.15. The molecule has 9 nitrogen and oxygen atoms in total. The largest absolute Gasteiger partial charge is 0.496 e. The van der Waals surface area contributed by atoms with E-state index in [-0.39, 0.29) is 5.95 Å². The molecule has 0 atom stereocenters. The number of benzene rings is 2. The van der Waals surface area contributed by atoms with Crippen molar-refractivity contribution >= 4 is 23.0 Å². The summed E-state index contributed by atoms with van der Waals surface area (Å²) in [5.41, 5.74) is 23.5. The third-order valence-electron chi connectivity index (χ3n) is 4.25. The van der Waals surface area contributed by atoms with E-state index in [1.54, 1.807) is 19.2 Å². The number of hydrogen-bond acceptors (Lipinski definition) is 8. The van der Waals surface area contributed by atoms with Crippen LogP contribution in [0.2, 0.25) is 0 Å². The number of nitrogen functional groups attached to an aromatic ring is 2. The molecule has 134 valence electrons. The van der Waals surface area contributed by atoms with Crippen molar-refractivity contribution in [2.75, 3.05) is 18.6 Å². The summed E-state index contributed by atoms with van der Waals surface area (Å²) in [6.07, 6.45) is 1.42. The summed E-state index contributed by atoms with van der Waals surface area (Å²) < 4.78 is 6.96. The van der Waals surface area contributed by atoms with Crippen LogP contribution in [-0.2, 0) is 0 Å². The van der Waals surface area contributed by atoms with Crippen LogP contribution in [-0.4, -0.2) is 26.7 Å². The number of anilines is 2. The lowest BCUT2D eigenvalue weighted by Crippen LogP contribution is -2.06. The van der Waals surface area contributed by atoms with Crippen molar-refractivity contribution < 1.29 is 4.74 Å². The summed E-state index contributed by atoms with van der Waals surface area (Å²) in [4.78, 5) is 8.92. The Kier molecular flexibility index (Phi) is 3.88. The summed E-state index contributed by atoms with van der Waals surface area (Å²) in [5.74, 6) is 0.859. The number of fused-ring (bicyclic) bond motifs is 1. The lowest BCUT2D eigenvalue weighted by molar-refractivity contribution is 0.416. The predicted molar refractivity (Wildman–Crippen MR) is 102 cm³/mol. The van der Waals surface area contributed by atoms with Crippen molar-refractivity contribution in [1.82, 2.24) is 19.6 Å². The summed E-state index contributed by atoms with van der Waals surface area (Å²) in [7, 11) is 1.60. The van der Waals surface area contributed by atoms with Gasteiger partial charge in [0.15, 0.2) is 5.65 Å². The molecule has 0 aliphatic carbocycles. The van der Waals surface area contributed by atoms with Gasteiger partial charge in [0.1, 0.15) is 17.8 Å². The number of nitrogens with two attached hydrogens (primary N) is 2. The zero-order valence-corrected chi connectivity index (χ0v) is 14.4. The second-order valence-electron chi connectivity index (χ2n) is 5.77. The van der Waals surface area contributed by atoms with E-state index in [4.69, 9.17) is 21.7 Å². The number of nitrogens with zero attached hydrogens (tertiary/aromatic N) is 5. The van der Waals surface area contributed by atoms with Crippen LogP contribution in [0.3, 0.4) is 0 Å². The van der Waals surface area contributed by atoms with Gasteiger partial charge in [0.2, 0.25) is 5.95 Å². The average molecular weight is 360 g/mol. The van der Waals surface area contributed by atoms with Crippen LogP contribution < -0.4 is 16.2 Å². The molecule has 0 bridgehead atoms. The molecule has 0 amide bonds. The number of nitrogens with one attached hydrogen (secondary N) is 1. The second kappa shape index (κ2) is 6.37. The summed E-state index contributed by atoms with van der Waals surface area (Å²) in [6, 6.07) is 12.7. The molecular weight excluding hydrogens is 344 g/mol. The number of methoxy groups -OCH3 is 1. The van der Waals surface area contributed by atoms with Crippen LogP contribution in [0.15, 0.2) is 53.9 Å². The van der Waals surface area contributed by atoms with Crippen molar-refractivity contribution in [3.05, 3.63) is 48.8 Å². The van der Waals surface area contributed by atoms with E-state index < -0.39 is 0 Å². The minimum absolute atomic E-state index is 0.206. The number of rotatable bonds is 4. The highest BCUT2D eigenvalue weighted by molar-refractivity contribution is 5.93. The number of ether oxygens (including phenoxy) is 1. The van der Waals surface area contributed by atoms with Crippen molar-refractivity contribution in [3.8, 4) is 28.1 Å². The smallest absolute Gasteiger partial charge is 0.223 e. The van der Waals surface area contributed by atoms with E-state index in [0.29, 0.717) is 34.0 Å². The van der Waals surface area contributed by atoms with Crippen molar-refractivity contribution in [1.29, 1.82) is 5.53 Å². The highest BCUT2D eigenvalue weighted by Crippen LogP contribution is 2.40. The first-order valence-corrected chi connectivity index (χ1v) is 8.04. The summed E-state index contributed by atoms with van der Waals surface area (Å²) in [6.45, 7) is 0. The van der Waals surface area contributed by atoms with Gasteiger partial charge in [-0.05, 0) is 29.8 Å². The van der Waals surface area contributed by atoms with Crippen LogP contribution >= 0.6 is 0 Å². The fraction of sp³-hybridized carbons (Fsp3) is 0.0556. The maximum absolute atomic E-state index is 7.20. The van der Waals surface area contributed by atoms with Crippen molar-refractivity contribution in [3.63, 3.8) is 0 Å². The zero-order chi connectivity index (χ0) is 19.0. The van der Waals surface area contributed by atoms with Gasteiger partial charge in [-0.25, -0.2) is 15.5 Å². The molecule has 4 aromatic rings. The first kappa shape index (κ1) is 16.5. The highest BCUT2D eigenvalue weighted by Gasteiger charge is 2.20. The van der Waals surface area contributed by atoms with Crippen molar-refractivity contribution in [2.24, 2.45) is 5.11 Å². The monoisotopic (exact) mass is 360 g/mol. The first-order valence-electron chi connectivity index (χ1n) is 8.04. The fourth-order valence-corrected chi connectivity index (χ4v) is 3.02. The van der Waals surface area contributed by atoms with Crippen LogP contribution in [0.5, 0.6) is 5.75 Å². The Morgan fingerprint density at radius 3 is 2.70 bits per heavy atom. The maximum Gasteiger partial charge on any atom is 0.223 e. The van der Waals surface area contributed by atoms with Gasteiger partial charge in [-0.3, -0.25) is 0 Å². The molecular formula is C18H16N8O. The van der Waals surface area contributed by atoms with Crippen LogP contribution in [0, 0.1) is 5.53 Å². The molecule has 2 aromatic heterocycles. The van der Waals surface area contributed by atoms with Gasteiger partial charge >= 0.3 is 0 Å². The number of hydrogen-bond donors (Lipinski definition) is 3. The molecule has 0 aliphatic heterocycles. The Morgan fingerprint density at radius 2 is 1.96 bits per heavy atom.